The number of hydrogen-bond donors (Lipinski definition) is 1. The van der Waals surface area contributed by atoms with Crippen LogP contribution in [0.5, 0.6) is 0 Å². The molecule has 0 atom stereocenters. The van der Waals surface area contributed by atoms with Gasteiger partial charge in [0.15, 0.2) is 5.69 Å². The smallest absolute Gasteiger partial charge is 0.358 e. The van der Waals surface area contributed by atoms with Crippen molar-refractivity contribution in [3.63, 3.8) is 0 Å². The monoisotopic (exact) mass is 304 g/mol. The summed E-state index contributed by atoms with van der Waals surface area (Å²) in [6.45, 7) is 3.78. The number of hydrogen-bond acceptors (Lipinski definition) is 5. The molecule has 0 unspecified atom stereocenters. The highest BCUT2D eigenvalue weighted by atomic mass is 16.6. The lowest BCUT2D eigenvalue weighted by molar-refractivity contribution is -0.384. The first-order valence-corrected chi connectivity index (χ1v) is 6.89. The molecule has 1 heterocycles. The second-order valence-electron chi connectivity index (χ2n) is 4.93. The number of benzene rings is 1. The van der Waals surface area contributed by atoms with E-state index in [9.17, 15) is 20.0 Å². The van der Waals surface area contributed by atoms with Gasteiger partial charge in [-0.25, -0.2) is 9.48 Å². The first kappa shape index (κ1) is 15.6. The molecular formula is C14H16N4O4. The van der Waals surface area contributed by atoms with Crippen LogP contribution >= 0.6 is 0 Å². The molecule has 22 heavy (non-hydrogen) atoms. The number of nitro benzene ring substituents is 1. The topological polar surface area (TPSA) is 111 Å². The van der Waals surface area contributed by atoms with E-state index in [0.717, 1.165) is 18.4 Å². The number of aromatic carboxylic acids is 1. The van der Waals surface area contributed by atoms with Gasteiger partial charge >= 0.3 is 5.97 Å². The summed E-state index contributed by atoms with van der Waals surface area (Å²) in [5.41, 5.74) is 1.50. The Morgan fingerprint density at radius 3 is 2.77 bits per heavy atom. The summed E-state index contributed by atoms with van der Waals surface area (Å²) in [4.78, 5) is 21.7. The van der Waals surface area contributed by atoms with Gasteiger partial charge in [0, 0.05) is 12.1 Å². The Morgan fingerprint density at radius 1 is 1.45 bits per heavy atom. The number of non-ortho nitro benzene ring substituents is 1. The van der Waals surface area contributed by atoms with Crippen LogP contribution in [0.3, 0.4) is 0 Å². The van der Waals surface area contributed by atoms with Crippen molar-refractivity contribution in [1.29, 1.82) is 0 Å². The van der Waals surface area contributed by atoms with Gasteiger partial charge in [-0.3, -0.25) is 10.1 Å². The van der Waals surface area contributed by atoms with E-state index in [1.807, 2.05) is 6.92 Å². The molecule has 0 aliphatic rings. The molecule has 2 rings (SSSR count). The molecule has 0 aliphatic carbocycles. The molecule has 8 nitrogen and oxygen atoms in total. The summed E-state index contributed by atoms with van der Waals surface area (Å²) in [5, 5.41) is 27.7. The number of unbranched alkanes of at least 4 members (excludes halogenated alkanes) is 1. The summed E-state index contributed by atoms with van der Waals surface area (Å²) in [7, 11) is 0. The molecule has 0 saturated heterocycles. The summed E-state index contributed by atoms with van der Waals surface area (Å²) in [6.07, 6.45) is 2.16. The van der Waals surface area contributed by atoms with Crippen molar-refractivity contribution in [2.45, 2.75) is 33.1 Å². The zero-order valence-electron chi connectivity index (χ0n) is 12.3. The van der Waals surface area contributed by atoms with Crippen LogP contribution in [-0.4, -0.2) is 31.0 Å². The van der Waals surface area contributed by atoms with Crippen molar-refractivity contribution in [3.8, 4) is 5.69 Å². The standard InChI is InChI=1S/C14H16N4O4/c1-3-4-5-11-13(14(19)20)15-16-17(11)12-8-10(18(21)22)7-6-9(12)2/h6-8H,3-5H2,1-2H3,(H,19,20). The van der Waals surface area contributed by atoms with E-state index < -0.39 is 10.9 Å². The largest absolute Gasteiger partial charge is 0.476 e. The minimum atomic E-state index is -1.15. The fourth-order valence-electron chi connectivity index (χ4n) is 2.17. The number of carboxylic acids is 1. The number of rotatable bonds is 6. The van der Waals surface area contributed by atoms with Crippen molar-refractivity contribution in [1.82, 2.24) is 15.0 Å². The van der Waals surface area contributed by atoms with E-state index in [1.54, 1.807) is 13.0 Å². The Kier molecular flexibility index (Phi) is 4.50. The molecule has 0 bridgehead atoms. The third kappa shape index (κ3) is 2.95. The maximum atomic E-state index is 11.3. The van der Waals surface area contributed by atoms with Crippen molar-refractivity contribution in [2.75, 3.05) is 0 Å². The maximum Gasteiger partial charge on any atom is 0.358 e. The lowest BCUT2D eigenvalue weighted by Crippen LogP contribution is -2.08. The van der Waals surface area contributed by atoms with E-state index in [-0.39, 0.29) is 11.4 Å². The first-order chi connectivity index (χ1) is 10.5. The van der Waals surface area contributed by atoms with Crippen LogP contribution in [0, 0.1) is 17.0 Å². The van der Waals surface area contributed by atoms with Gasteiger partial charge in [-0.2, -0.15) is 0 Å². The van der Waals surface area contributed by atoms with Crippen LogP contribution in [0.4, 0.5) is 5.69 Å². The lowest BCUT2D eigenvalue weighted by Gasteiger charge is -2.09. The maximum absolute atomic E-state index is 11.3. The second kappa shape index (κ2) is 6.33. The van der Waals surface area contributed by atoms with Gasteiger partial charge < -0.3 is 5.11 Å². The highest BCUT2D eigenvalue weighted by Crippen LogP contribution is 2.23. The van der Waals surface area contributed by atoms with Crippen LogP contribution in [0.25, 0.3) is 5.69 Å². The van der Waals surface area contributed by atoms with E-state index in [4.69, 9.17) is 0 Å². The zero-order valence-corrected chi connectivity index (χ0v) is 12.3. The normalized spacial score (nSPS) is 10.6. The Hall–Kier alpha value is -2.77. The molecule has 1 N–H and O–H groups in total. The number of aromatic nitrogens is 3. The van der Waals surface area contributed by atoms with Crippen molar-refractivity contribution in [3.05, 3.63) is 45.3 Å². The van der Waals surface area contributed by atoms with Gasteiger partial charge in [-0.1, -0.05) is 24.6 Å². The fraction of sp³-hybridized carbons (Fsp3) is 0.357. The number of nitrogens with zero attached hydrogens (tertiary/aromatic N) is 4. The molecule has 1 aromatic heterocycles. The average molecular weight is 304 g/mol. The third-order valence-electron chi connectivity index (χ3n) is 3.36. The van der Waals surface area contributed by atoms with Crippen molar-refractivity contribution < 1.29 is 14.8 Å². The Bertz CT molecular complexity index is 724. The predicted molar refractivity (Wildman–Crippen MR) is 78.3 cm³/mol. The van der Waals surface area contributed by atoms with Gasteiger partial charge in [-0.05, 0) is 25.3 Å². The number of carbonyl (C=O) groups is 1. The SMILES string of the molecule is CCCCc1c(C(=O)O)nnn1-c1cc([N+](=O)[O-])ccc1C. The fourth-order valence-corrected chi connectivity index (χ4v) is 2.17. The van der Waals surface area contributed by atoms with E-state index in [2.05, 4.69) is 10.3 Å². The summed E-state index contributed by atoms with van der Waals surface area (Å²) in [6, 6.07) is 4.39. The minimum Gasteiger partial charge on any atom is -0.476 e. The molecule has 0 fully saturated rings. The van der Waals surface area contributed by atoms with Gasteiger partial charge in [0.2, 0.25) is 0 Å². The zero-order chi connectivity index (χ0) is 16.3. The van der Waals surface area contributed by atoms with Crippen LogP contribution in [0.1, 0.15) is 41.5 Å². The molecule has 0 saturated carbocycles. The molecule has 2 aromatic rings. The molecular weight excluding hydrogens is 288 g/mol. The van der Waals surface area contributed by atoms with Crippen LogP contribution in [0.15, 0.2) is 18.2 Å². The van der Waals surface area contributed by atoms with E-state index >= 15 is 0 Å². The minimum absolute atomic E-state index is 0.0746. The molecule has 0 spiro atoms. The van der Waals surface area contributed by atoms with Crippen LogP contribution in [-0.2, 0) is 6.42 Å². The first-order valence-electron chi connectivity index (χ1n) is 6.89. The molecule has 1 aromatic carbocycles. The number of aryl methyl sites for hydroxylation is 1. The highest BCUT2D eigenvalue weighted by molar-refractivity contribution is 5.86. The van der Waals surface area contributed by atoms with Crippen molar-refractivity contribution in [2.24, 2.45) is 0 Å². The van der Waals surface area contributed by atoms with Crippen LogP contribution in [0.2, 0.25) is 0 Å². The Labute approximate surface area is 126 Å². The van der Waals surface area contributed by atoms with Gasteiger partial charge in [0.25, 0.3) is 5.69 Å². The predicted octanol–water partition coefficient (Wildman–Crippen LogP) is 2.52. The third-order valence-corrected chi connectivity index (χ3v) is 3.36. The summed E-state index contributed by atoms with van der Waals surface area (Å²) >= 11 is 0. The molecule has 0 radical (unpaired) electrons. The van der Waals surface area contributed by atoms with Crippen molar-refractivity contribution >= 4 is 11.7 Å². The van der Waals surface area contributed by atoms with E-state index in [1.165, 1.54) is 16.8 Å². The number of nitro groups is 1. The number of carboxylic acid groups (broad SMARTS) is 1. The summed E-state index contributed by atoms with van der Waals surface area (Å²) in [5.74, 6) is -1.15. The lowest BCUT2D eigenvalue weighted by atomic mass is 10.1. The summed E-state index contributed by atoms with van der Waals surface area (Å²) < 4.78 is 1.39. The Morgan fingerprint density at radius 2 is 2.18 bits per heavy atom. The molecule has 116 valence electrons. The average Bonchev–Trinajstić information content (AvgIpc) is 2.89. The van der Waals surface area contributed by atoms with Crippen LogP contribution < -0.4 is 0 Å². The molecule has 8 heteroatoms. The quantitative estimate of drug-likeness (QED) is 0.648. The second-order valence-corrected chi connectivity index (χ2v) is 4.93. The highest BCUT2D eigenvalue weighted by Gasteiger charge is 2.21. The Balaban J connectivity index is 2.59. The van der Waals surface area contributed by atoms with E-state index in [0.29, 0.717) is 17.8 Å². The molecule has 0 aliphatic heterocycles. The van der Waals surface area contributed by atoms with Gasteiger partial charge in [0.1, 0.15) is 0 Å². The van der Waals surface area contributed by atoms with Gasteiger partial charge in [-0.15, -0.1) is 5.10 Å². The molecule has 0 amide bonds. The van der Waals surface area contributed by atoms with Gasteiger partial charge in [0.05, 0.1) is 16.3 Å².